The van der Waals surface area contributed by atoms with Crippen molar-refractivity contribution in [3.8, 4) is 5.75 Å². The normalized spacial score (nSPS) is 12.0. The molecule has 0 aliphatic rings. The van der Waals surface area contributed by atoms with Crippen LogP contribution < -0.4 is 21.4 Å². The summed E-state index contributed by atoms with van der Waals surface area (Å²) in [5.74, 6) is 0.210. The Labute approximate surface area is 176 Å². The SMILES string of the molecule is CCCc1c(O[C@@H](C)CC)ccc2cc(C(=O)Nc3ccc(CN)cc3)c(=O)oc12. The number of hydrogen-bond acceptors (Lipinski definition) is 5. The van der Waals surface area contributed by atoms with Gasteiger partial charge in [-0.2, -0.15) is 0 Å². The first-order valence-electron chi connectivity index (χ1n) is 10.3. The Kier molecular flexibility index (Phi) is 6.90. The Morgan fingerprint density at radius 1 is 1.17 bits per heavy atom. The molecule has 0 spiro atoms. The Balaban J connectivity index is 1.97. The Morgan fingerprint density at radius 3 is 2.53 bits per heavy atom. The van der Waals surface area contributed by atoms with Crippen LogP contribution in [0.25, 0.3) is 11.0 Å². The molecule has 0 saturated heterocycles. The zero-order chi connectivity index (χ0) is 21.7. The lowest BCUT2D eigenvalue weighted by atomic mass is 10.0. The summed E-state index contributed by atoms with van der Waals surface area (Å²) < 4.78 is 11.6. The summed E-state index contributed by atoms with van der Waals surface area (Å²) in [5, 5.41) is 3.43. The molecule has 0 unspecified atom stereocenters. The third-order valence-corrected chi connectivity index (χ3v) is 5.06. The van der Waals surface area contributed by atoms with Crippen LogP contribution in [0.4, 0.5) is 5.69 Å². The van der Waals surface area contributed by atoms with E-state index in [2.05, 4.69) is 19.2 Å². The molecule has 3 rings (SSSR count). The summed E-state index contributed by atoms with van der Waals surface area (Å²) in [5.41, 5.74) is 7.76. The number of nitrogens with one attached hydrogen (secondary N) is 1. The van der Waals surface area contributed by atoms with Gasteiger partial charge in [0.25, 0.3) is 5.91 Å². The summed E-state index contributed by atoms with van der Waals surface area (Å²) in [4.78, 5) is 25.3. The van der Waals surface area contributed by atoms with Crippen molar-refractivity contribution in [2.75, 3.05) is 5.32 Å². The fraction of sp³-hybridized carbons (Fsp3) is 0.333. The van der Waals surface area contributed by atoms with Crippen molar-refractivity contribution in [2.24, 2.45) is 5.73 Å². The summed E-state index contributed by atoms with van der Waals surface area (Å²) >= 11 is 0. The van der Waals surface area contributed by atoms with E-state index in [1.807, 2.05) is 31.2 Å². The van der Waals surface area contributed by atoms with Gasteiger partial charge in [0, 0.05) is 23.2 Å². The number of anilines is 1. The monoisotopic (exact) mass is 408 g/mol. The highest BCUT2D eigenvalue weighted by Gasteiger charge is 2.18. The number of ether oxygens (including phenoxy) is 1. The van der Waals surface area contributed by atoms with E-state index in [0.29, 0.717) is 29.6 Å². The third kappa shape index (κ3) is 4.71. The molecule has 158 valence electrons. The molecule has 0 radical (unpaired) electrons. The fourth-order valence-electron chi connectivity index (χ4n) is 3.20. The molecule has 0 bridgehead atoms. The quantitative estimate of drug-likeness (QED) is 0.530. The van der Waals surface area contributed by atoms with Crippen LogP contribution in [0.3, 0.4) is 0 Å². The first-order valence-corrected chi connectivity index (χ1v) is 10.3. The molecule has 1 amide bonds. The van der Waals surface area contributed by atoms with E-state index >= 15 is 0 Å². The van der Waals surface area contributed by atoms with E-state index in [0.717, 1.165) is 29.7 Å². The second-order valence-corrected chi connectivity index (χ2v) is 7.35. The van der Waals surface area contributed by atoms with Gasteiger partial charge in [0.05, 0.1) is 6.10 Å². The molecule has 0 fully saturated rings. The van der Waals surface area contributed by atoms with Crippen molar-refractivity contribution in [1.82, 2.24) is 0 Å². The molecular weight excluding hydrogens is 380 g/mol. The van der Waals surface area contributed by atoms with E-state index in [9.17, 15) is 9.59 Å². The lowest BCUT2D eigenvalue weighted by molar-refractivity contribution is 0.102. The van der Waals surface area contributed by atoms with Gasteiger partial charge in [0.1, 0.15) is 16.9 Å². The van der Waals surface area contributed by atoms with Gasteiger partial charge in [0.2, 0.25) is 0 Å². The number of carbonyl (C=O) groups excluding carboxylic acids is 1. The summed E-state index contributed by atoms with van der Waals surface area (Å²) in [6.07, 6.45) is 2.52. The van der Waals surface area contributed by atoms with E-state index in [1.54, 1.807) is 18.2 Å². The average Bonchev–Trinajstić information content (AvgIpc) is 2.75. The number of nitrogens with two attached hydrogens (primary N) is 1. The second kappa shape index (κ2) is 9.59. The molecule has 1 heterocycles. The van der Waals surface area contributed by atoms with Gasteiger partial charge in [-0.15, -0.1) is 0 Å². The molecule has 6 nitrogen and oxygen atoms in total. The van der Waals surface area contributed by atoms with Crippen LogP contribution in [0.15, 0.2) is 51.7 Å². The van der Waals surface area contributed by atoms with Gasteiger partial charge in [-0.25, -0.2) is 4.79 Å². The van der Waals surface area contributed by atoms with Crippen LogP contribution in [0.2, 0.25) is 0 Å². The predicted molar refractivity (Wildman–Crippen MR) is 119 cm³/mol. The minimum Gasteiger partial charge on any atom is -0.490 e. The fourth-order valence-corrected chi connectivity index (χ4v) is 3.20. The number of fused-ring (bicyclic) bond motifs is 1. The zero-order valence-electron chi connectivity index (χ0n) is 17.7. The zero-order valence-corrected chi connectivity index (χ0v) is 17.7. The highest BCUT2D eigenvalue weighted by Crippen LogP contribution is 2.30. The largest absolute Gasteiger partial charge is 0.490 e. The Hall–Kier alpha value is -3.12. The predicted octanol–water partition coefficient (Wildman–Crippen LogP) is 4.63. The van der Waals surface area contributed by atoms with Gasteiger partial charge in [-0.1, -0.05) is 32.4 Å². The lowest BCUT2D eigenvalue weighted by Crippen LogP contribution is -2.21. The Bertz CT molecular complexity index is 1090. The summed E-state index contributed by atoms with van der Waals surface area (Å²) in [6, 6.07) is 12.4. The Morgan fingerprint density at radius 2 is 1.90 bits per heavy atom. The van der Waals surface area contributed by atoms with Crippen LogP contribution >= 0.6 is 0 Å². The third-order valence-electron chi connectivity index (χ3n) is 5.06. The smallest absolute Gasteiger partial charge is 0.349 e. The van der Waals surface area contributed by atoms with Crippen molar-refractivity contribution in [2.45, 2.75) is 52.7 Å². The van der Waals surface area contributed by atoms with Gasteiger partial charge >= 0.3 is 5.63 Å². The van der Waals surface area contributed by atoms with Crippen molar-refractivity contribution in [3.05, 3.63) is 69.6 Å². The summed E-state index contributed by atoms with van der Waals surface area (Å²) in [6.45, 7) is 6.54. The first kappa shape index (κ1) is 21.6. The minimum absolute atomic E-state index is 0.0385. The minimum atomic E-state index is -0.670. The summed E-state index contributed by atoms with van der Waals surface area (Å²) in [7, 11) is 0. The number of benzene rings is 2. The van der Waals surface area contributed by atoms with E-state index in [1.165, 1.54) is 0 Å². The van der Waals surface area contributed by atoms with Gasteiger partial charge in [0.15, 0.2) is 0 Å². The lowest BCUT2D eigenvalue weighted by Gasteiger charge is -2.17. The molecule has 1 aromatic heterocycles. The average molecular weight is 408 g/mol. The van der Waals surface area contributed by atoms with Crippen LogP contribution in [-0.2, 0) is 13.0 Å². The molecule has 0 aliphatic carbocycles. The molecule has 2 aromatic carbocycles. The van der Waals surface area contributed by atoms with Crippen LogP contribution in [0, 0.1) is 0 Å². The second-order valence-electron chi connectivity index (χ2n) is 7.35. The molecule has 3 N–H and O–H groups in total. The number of amides is 1. The van der Waals surface area contributed by atoms with Crippen LogP contribution in [0.1, 0.15) is 55.1 Å². The highest BCUT2D eigenvalue weighted by molar-refractivity contribution is 6.05. The highest BCUT2D eigenvalue weighted by atomic mass is 16.5. The maximum atomic E-state index is 12.7. The molecule has 1 atom stereocenters. The topological polar surface area (TPSA) is 94.6 Å². The number of rotatable bonds is 8. The first-order chi connectivity index (χ1) is 14.5. The standard InChI is InChI=1S/C24H28N2O4/c1-4-6-19-21(29-15(3)5-2)12-9-17-13-20(24(28)30-22(17)19)23(27)26-18-10-7-16(14-25)8-11-18/h7-13,15H,4-6,14,25H2,1-3H3,(H,26,27)/t15-/m0/s1. The van der Waals surface area contributed by atoms with Crippen molar-refractivity contribution in [3.63, 3.8) is 0 Å². The maximum absolute atomic E-state index is 12.7. The van der Waals surface area contributed by atoms with Crippen molar-refractivity contribution in [1.29, 1.82) is 0 Å². The van der Waals surface area contributed by atoms with E-state index in [4.69, 9.17) is 14.9 Å². The maximum Gasteiger partial charge on any atom is 0.349 e. The molecule has 30 heavy (non-hydrogen) atoms. The number of hydrogen-bond donors (Lipinski definition) is 2. The van der Waals surface area contributed by atoms with E-state index in [-0.39, 0.29) is 11.7 Å². The molecule has 0 saturated carbocycles. The molecule has 6 heteroatoms. The van der Waals surface area contributed by atoms with E-state index < -0.39 is 11.5 Å². The molecular formula is C24H28N2O4. The number of aryl methyl sites for hydroxylation is 1. The van der Waals surface area contributed by atoms with Crippen LogP contribution in [0.5, 0.6) is 5.75 Å². The van der Waals surface area contributed by atoms with Crippen molar-refractivity contribution < 1.29 is 13.9 Å². The molecule has 3 aromatic rings. The van der Waals surface area contributed by atoms with Crippen LogP contribution in [-0.4, -0.2) is 12.0 Å². The van der Waals surface area contributed by atoms with Gasteiger partial charge in [-0.05, 0) is 55.7 Å². The van der Waals surface area contributed by atoms with Gasteiger partial charge in [-0.3, -0.25) is 4.79 Å². The molecule has 0 aliphatic heterocycles. The number of carbonyl (C=O) groups is 1. The van der Waals surface area contributed by atoms with Crippen molar-refractivity contribution >= 4 is 22.6 Å². The van der Waals surface area contributed by atoms with Gasteiger partial charge < -0.3 is 20.2 Å².